The number of ether oxygens (including phenoxy) is 1. The molecule has 132 valence electrons. The lowest BCUT2D eigenvalue weighted by Crippen LogP contribution is -2.31. The molecule has 0 aliphatic heterocycles. The molecular formula is C20H24N2O3. The topological polar surface area (TPSA) is 68.3 Å². The number of amides is 1. The monoisotopic (exact) mass is 340 g/mol. The molecule has 0 aliphatic rings. The van der Waals surface area contributed by atoms with Crippen molar-refractivity contribution in [2.75, 3.05) is 0 Å². The Morgan fingerprint density at radius 2 is 1.76 bits per heavy atom. The minimum atomic E-state index is -0.458. The molecule has 5 heteroatoms. The van der Waals surface area contributed by atoms with E-state index in [0.717, 1.165) is 16.8 Å². The van der Waals surface area contributed by atoms with E-state index >= 15 is 0 Å². The summed E-state index contributed by atoms with van der Waals surface area (Å²) in [6.45, 7) is 7.45. The van der Waals surface area contributed by atoms with E-state index in [1.807, 2.05) is 38.1 Å². The summed E-state index contributed by atoms with van der Waals surface area (Å²) in [7, 11) is 0. The van der Waals surface area contributed by atoms with Crippen LogP contribution in [0.5, 0.6) is 0 Å². The predicted octanol–water partition coefficient (Wildman–Crippen LogP) is 3.51. The van der Waals surface area contributed by atoms with Crippen LogP contribution in [0.2, 0.25) is 0 Å². The van der Waals surface area contributed by atoms with E-state index in [1.165, 1.54) is 6.20 Å². The van der Waals surface area contributed by atoms with Crippen LogP contribution in [-0.2, 0) is 9.53 Å². The third-order valence-corrected chi connectivity index (χ3v) is 3.70. The van der Waals surface area contributed by atoms with Gasteiger partial charge in [-0.2, -0.15) is 0 Å². The Kier molecular flexibility index (Phi) is 6.28. The lowest BCUT2D eigenvalue weighted by molar-refractivity contribution is -0.147. The molecule has 1 aromatic heterocycles. The van der Waals surface area contributed by atoms with Crippen LogP contribution in [0, 0.1) is 13.8 Å². The molecule has 0 saturated heterocycles. The van der Waals surface area contributed by atoms with Gasteiger partial charge in [-0.25, -0.2) is 0 Å². The van der Waals surface area contributed by atoms with Gasteiger partial charge in [0.05, 0.1) is 24.1 Å². The van der Waals surface area contributed by atoms with Gasteiger partial charge in [0.25, 0.3) is 5.91 Å². The molecular weight excluding hydrogens is 316 g/mol. The Labute approximate surface area is 148 Å². The van der Waals surface area contributed by atoms with Gasteiger partial charge in [-0.1, -0.05) is 29.8 Å². The van der Waals surface area contributed by atoms with Crippen LogP contribution in [0.15, 0.2) is 42.6 Å². The summed E-state index contributed by atoms with van der Waals surface area (Å²) < 4.78 is 5.23. The summed E-state index contributed by atoms with van der Waals surface area (Å²) >= 11 is 0. The number of esters is 1. The molecule has 0 fully saturated rings. The number of nitrogens with one attached hydrogen (secondary N) is 1. The molecule has 1 N–H and O–H groups in total. The van der Waals surface area contributed by atoms with E-state index < -0.39 is 6.04 Å². The molecule has 2 aromatic rings. The van der Waals surface area contributed by atoms with E-state index in [9.17, 15) is 9.59 Å². The number of carbonyl (C=O) groups is 2. The van der Waals surface area contributed by atoms with Crippen molar-refractivity contribution in [3.05, 3.63) is 65.0 Å². The molecule has 0 radical (unpaired) electrons. The van der Waals surface area contributed by atoms with E-state index in [-0.39, 0.29) is 24.4 Å². The zero-order valence-electron chi connectivity index (χ0n) is 15.1. The van der Waals surface area contributed by atoms with Crippen molar-refractivity contribution >= 4 is 11.9 Å². The summed E-state index contributed by atoms with van der Waals surface area (Å²) in [4.78, 5) is 28.7. The third kappa shape index (κ3) is 5.71. The van der Waals surface area contributed by atoms with Gasteiger partial charge in [-0.05, 0) is 45.4 Å². The van der Waals surface area contributed by atoms with Crippen LogP contribution < -0.4 is 5.32 Å². The van der Waals surface area contributed by atoms with Gasteiger partial charge in [0.15, 0.2) is 0 Å². The van der Waals surface area contributed by atoms with Crippen molar-refractivity contribution in [1.29, 1.82) is 0 Å². The average Bonchev–Trinajstić information content (AvgIpc) is 2.54. The standard InChI is InChI=1S/C20H24N2O3/c1-13(2)25-19(23)11-18(16-8-5-14(3)6-9-16)22-20(24)17-10-7-15(4)21-12-17/h5-10,12-13,18H,11H2,1-4H3,(H,22,24). The minimum absolute atomic E-state index is 0.0757. The van der Waals surface area contributed by atoms with Crippen LogP contribution >= 0.6 is 0 Å². The van der Waals surface area contributed by atoms with Crippen molar-refractivity contribution in [2.24, 2.45) is 0 Å². The number of benzene rings is 1. The van der Waals surface area contributed by atoms with E-state index in [2.05, 4.69) is 10.3 Å². The van der Waals surface area contributed by atoms with Crippen LogP contribution in [0.3, 0.4) is 0 Å². The van der Waals surface area contributed by atoms with Gasteiger partial charge in [0.2, 0.25) is 0 Å². The zero-order chi connectivity index (χ0) is 18.4. The van der Waals surface area contributed by atoms with Gasteiger partial charge in [0, 0.05) is 11.9 Å². The number of rotatable bonds is 6. The van der Waals surface area contributed by atoms with Crippen molar-refractivity contribution in [2.45, 2.75) is 46.3 Å². The molecule has 0 spiro atoms. The fraction of sp³-hybridized carbons (Fsp3) is 0.350. The molecule has 1 atom stereocenters. The van der Waals surface area contributed by atoms with E-state index in [4.69, 9.17) is 4.74 Å². The Hall–Kier alpha value is -2.69. The maximum atomic E-state index is 12.5. The molecule has 25 heavy (non-hydrogen) atoms. The Morgan fingerprint density at radius 1 is 1.08 bits per heavy atom. The summed E-state index contributed by atoms with van der Waals surface area (Å²) in [5, 5.41) is 2.91. The number of aryl methyl sites for hydroxylation is 2. The second kappa shape index (κ2) is 8.42. The normalized spacial score (nSPS) is 11.9. The Balaban J connectivity index is 2.18. The lowest BCUT2D eigenvalue weighted by Gasteiger charge is -2.19. The fourth-order valence-electron chi connectivity index (χ4n) is 2.37. The molecule has 5 nitrogen and oxygen atoms in total. The molecule has 1 amide bonds. The lowest BCUT2D eigenvalue weighted by atomic mass is 10.0. The summed E-state index contributed by atoms with van der Waals surface area (Å²) in [5.74, 6) is -0.613. The molecule has 0 aliphatic carbocycles. The highest BCUT2D eigenvalue weighted by molar-refractivity contribution is 5.94. The largest absolute Gasteiger partial charge is 0.463 e. The maximum absolute atomic E-state index is 12.5. The molecule has 1 aromatic carbocycles. The smallest absolute Gasteiger partial charge is 0.308 e. The van der Waals surface area contributed by atoms with E-state index in [0.29, 0.717) is 5.56 Å². The SMILES string of the molecule is Cc1ccc(C(CC(=O)OC(C)C)NC(=O)c2ccc(C)nc2)cc1. The summed E-state index contributed by atoms with van der Waals surface area (Å²) in [6, 6.07) is 10.8. The molecule has 2 rings (SSSR count). The first-order valence-corrected chi connectivity index (χ1v) is 8.34. The number of pyridine rings is 1. The van der Waals surface area contributed by atoms with Gasteiger partial charge >= 0.3 is 5.97 Å². The average molecular weight is 340 g/mol. The second-order valence-corrected chi connectivity index (χ2v) is 6.37. The first kappa shape index (κ1) is 18.6. The third-order valence-electron chi connectivity index (χ3n) is 3.70. The summed E-state index contributed by atoms with van der Waals surface area (Å²) in [6.07, 6.45) is 1.42. The van der Waals surface area contributed by atoms with Crippen molar-refractivity contribution in [1.82, 2.24) is 10.3 Å². The van der Waals surface area contributed by atoms with Gasteiger partial charge in [-0.15, -0.1) is 0 Å². The van der Waals surface area contributed by atoms with E-state index in [1.54, 1.807) is 26.0 Å². The zero-order valence-corrected chi connectivity index (χ0v) is 15.1. The number of aromatic nitrogens is 1. The highest BCUT2D eigenvalue weighted by atomic mass is 16.5. The van der Waals surface area contributed by atoms with Crippen molar-refractivity contribution in [3.63, 3.8) is 0 Å². The van der Waals surface area contributed by atoms with Crippen LogP contribution in [0.4, 0.5) is 0 Å². The maximum Gasteiger partial charge on any atom is 0.308 e. The van der Waals surface area contributed by atoms with Crippen molar-refractivity contribution < 1.29 is 14.3 Å². The van der Waals surface area contributed by atoms with Crippen LogP contribution in [0.25, 0.3) is 0 Å². The van der Waals surface area contributed by atoms with Gasteiger partial charge in [-0.3, -0.25) is 14.6 Å². The number of nitrogens with zero attached hydrogens (tertiary/aromatic N) is 1. The second-order valence-electron chi connectivity index (χ2n) is 6.37. The molecule has 0 bridgehead atoms. The molecule has 1 heterocycles. The molecule has 1 unspecified atom stereocenters. The van der Waals surface area contributed by atoms with Crippen LogP contribution in [0.1, 0.15) is 53.5 Å². The Bertz CT molecular complexity index is 722. The van der Waals surface area contributed by atoms with Gasteiger partial charge < -0.3 is 10.1 Å². The first-order chi connectivity index (χ1) is 11.8. The number of hydrogen-bond donors (Lipinski definition) is 1. The van der Waals surface area contributed by atoms with Crippen molar-refractivity contribution in [3.8, 4) is 0 Å². The minimum Gasteiger partial charge on any atom is -0.463 e. The van der Waals surface area contributed by atoms with Crippen LogP contribution in [-0.4, -0.2) is 23.0 Å². The predicted molar refractivity (Wildman–Crippen MR) is 96.2 cm³/mol. The fourth-order valence-corrected chi connectivity index (χ4v) is 2.37. The first-order valence-electron chi connectivity index (χ1n) is 8.34. The highest BCUT2D eigenvalue weighted by Crippen LogP contribution is 2.19. The number of hydrogen-bond acceptors (Lipinski definition) is 4. The Morgan fingerprint density at radius 3 is 2.32 bits per heavy atom. The summed E-state index contributed by atoms with van der Waals surface area (Å²) in [5.41, 5.74) is 3.27. The highest BCUT2D eigenvalue weighted by Gasteiger charge is 2.21. The quantitative estimate of drug-likeness (QED) is 0.817. The number of carbonyl (C=O) groups excluding carboxylic acids is 2. The van der Waals surface area contributed by atoms with Gasteiger partial charge in [0.1, 0.15) is 0 Å². The molecule has 0 saturated carbocycles.